The molecule has 1 aliphatic rings. The van der Waals surface area contributed by atoms with E-state index in [4.69, 9.17) is 24.8 Å². The van der Waals surface area contributed by atoms with Crippen molar-refractivity contribution in [1.29, 1.82) is 0 Å². The number of carbonyl (C=O) groups is 1. The molecule has 0 aromatic carbocycles. The standard InChI is InChI=1S/C11H20O9/c12-4-6-7(14)8(15)9(16)11(20-6)19-3-1-2-5(13)10(17)18/h5-9,11-16H,1-4H2,(H,17,18)/t5-,6-,7+,8+,9-,11+/m1/s1. The van der Waals surface area contributed by atoms with Crippen molar-refractivity contribution in [3.63, 3.8) is 0 Å². The van der Waals surface area contributed by atoms with Gasteiger partial charge in [0.05, 0.1) is 6.61 Å². The average Bonchev–Trinajstić information content (AvgIpc) is 2.42. The summed E-state index contributed by atoms with van der Waals surface area (Å²) in [6.45, 7) is -0.574. The summed E-state index contributed by atoms with van der Waals surface area (Å²) >= 11 is 0. The van der Waals surface area contributed by atoms with Gasteiger partial charge in [-0.15, -0.1) is 0 Å². The van der Waals surface area contributed by atoms with E-state index in [1.54, 1.807) is 0 Å². The molecule has 0 bridgehead atoms. The van der Waals surface area contributed by atoms with Crippen LogP contribution in [0.15, 0.2) is 0 Å². The second kappa shape index (κ2) is 7.84. The molecule has 0 aromatic heterocycles. The number of carboxylic acids is 1. The third kappa shape index (κ3) is 4.35. The zero-order valence-electron chi connectivity index (χ0n) is 10.7. The van der Waals surface area contributed by atoms with Crippen molar-refractivity contribution >= 4 is 5.97 Å². The summed E-state index contributed by atoms with van der Waals surface area (Å²) in [7, 11) is 0. The molecule has 0 aliphatic carbocycles. The van der Waals surface area contributed by atoms with Crippen LogP contribution in [0.25, 0.3) is 0 Å². The minimum atomic E-state index is -1.52. The van der Waals surface area contributed by atoms with E-state index in [1.165, 1.54) is 0 Å². The van der Waals surface area contributed by atoms with Crippen molar-refractivity contribution in [2.75, 3.05) is 13.2 Å². The van der Waals surface area contributed by atoms with Crippen LogP contribution in [0.3, 0.4) is 0 Å². The van der Waals surface area contributed by atoms with Gasteiger partial charge >= 0.3 is 5.97 Å². The molecular formula is C11H20O9. The van der Waals surface area contributed by atoms with Crippen molar-refractivity contribution in [3.05, 3.63) is 0 Å². The first kappa shape index (κ1) is 17.2. The fourth-order valence-corrected chi connectivity index (χ4v) is 1.80. The van der Waals surface area contributed by atoms with Crippen molar-refractivity contribution in [1.82, 2.24) is 0 Å². The van der Waals surface area contributed by atoms with E-state index >= 15 is 0 Å². The molecule has 9 heteroatoms. The predicted molar refractivity (Wildman–Crippen MR) is 62.6 cm³/mol. The normalized spacial score (nSPS) is 35.8. The second-order valence-corrected chi connectivity index (χ2v) is 4.56. The van der Waals surface area contributed by atoms with Crippen molar-refractivity contribution < 1.29 is 44.9 Å². The molecule has 6 atom stereocenters. The van der Waals surface area contributed by atoms with E-state index in [0.717, 1.165) is 0 Å². The van der Waals surface area contributed by atoms with Gasteiger partial charge in [0, 0.05) is 6.61 Å². The first-order chi connectivity index (χ1) is 9.38. The Hall–Kier alpha value is -0.810. The quantitative estimate of drug-likeness (QED) is 0.270. The summed E-state index contributed by atoms with van der Waals surface area (Å²) in [4.78, 5) is 10.4. The minimum Gasteiger partial charge on any atom is -0.479 e. The fourth-order valence-electron chi connectivity index (χ4n) is 1.80. The summed E-state index contributed by atoms with van der Waals surface area (Å²) in [6.07, 6.45) is -8.09. The van der Waals surface area contributed by atoms with Crippen LogP contribution in [0, 0.1) is 0 Å². The highest BCUT2D eigenvalue weighted by molar-refractivity contribution is 5.71. The molecule has 6 N–H and O–H groups in total. The number of hydrogen-bond donors (Lipinski definition) is 6. The highest BCUT2D eigenvalue weighted by Gasteiger charge is 2.43. The zero-order chi connectivity index (χ0) is 15.3. The van der Waals surface area contributed by atoms with Gasteiger partial charge in [-0.05, 0) is 12.8 Å². The summed E-state index contributed by atoms with van der Waals surface area (Å²) < 4.78 is 10.2. The predicted octanol–water partition coefficient (Wildman–Crippen LogP) is -2.97. The van der Waals surface area contributed by atoms with Crippen molar-refractivity contribution in [2.45, 2.75) is 49.7 Å². The fraction of sp³-hybridized carbons (Fsp3) is 0.909. The number of carboxylic acid groups (broad SMARTS) is 1. The van der Waals surface area contributed by atoms with Gasteiger partial charge in [-0.25, -0.2) is 4.79 Å². The van der Waals surface area contributed by atoms with Crippen LogP contribution < -0.4 is 0 Å². The SMILES string of the molecule is O=C(O)[C@H](O)CCCO[C@H]1O[C@H](CO)[C@H](O)[C@H](O)[C@H]1O. The van der Waals surface area contributed by atoms with Crippen LogP contribution >= 0.6 is 0 Å². The van der Waals surface area contributed by atoms with Crippen LogP contribution in [0.2, 0.25) is 0 Å². The molecule has 9 nitrogen and oxygen atoms in total. The Morgan fingerprint density at radius 2 is 1.85 bits per heavy atom. The van der Waals surface area contributed by atoms with Crippen LogP contribution in [0.1, 0.15) is 12.8 Å². The molecule has 0 unspecified atom stereocenters. The van der Waals surface area contributed by atoms with Crippen LogP contribution in [-0.4, -0.2) is 86.6 Å². The molecular weight excluding hydrogens is 276 g/mol. The van der Waals surface area contributed by atoms with Gasteiger partial charge in [0.15, 0.2) is 12.4 Å². The molecule has 1 fully saturated rings. The van der Waals surface area contributed by atoms with E-state index in [0.29, 0.717) is 0 Å². The Morgan fingerprint density at radius 1 is 1.20 bits per heavy atom. The topological polar surface area (TPSA) is 157 Å². The lowest BCUT2D eigenvalue weighted by Gasteiger charge is -2.39. The van der Waals surface area contributed by atoms with E-state index in [9.17, 15) is 20.1 Å². The number of ether oxygens (including phenoxy) is 2. The Bertz CT molecular complexity index is 308. The first-order valence-corrected chi connectivity index (χ1v) is 6.21. The number of aliphatic carboxylic acids is 1. The highest BCUT2D eigenvalue weighted by Crippen LogP contribution is 2.22. The molecule has 1 saturated heterocycles. The van der Waals surface area contributed by atoms with E-state index in [2.05, 4.69) is 0 Å². The maximum Gasteiger partial charge on any atom is 0.332 e. The monoisotopic (exact) mass is 296 g/mol. The van der Waals surface area contributed by atoms with Crippen LogP contribution in [0.5, 0.6) is 0 Å². The molecule has 118 valence electrons. The zero-order valence-corrected chi connectivity index (χ0v) is 10.7. The summed E-state index contributed by atoms with van der Waals surface area (Å²) in [5, 5.41) is 55.1. The van der Waals surface area contributed by atoms with E-state index in [1.807, 2.05) is 0 Å². The van der Waals surface area contributed by atoms with Gasteiger partial charge in [-0.3, -0.25) is 0 Å². The second-order valence-electron chi connectivity index (χ2n) is 4.56. The lowest BCUT2D eigenvalue weighted by atomic mass is 9.99. The number of rotatable bonds is 7. The smallest absolute Gasteiger partial charge is 0.332 e. The lowest BCUT2D eigenvalue weighted by Crippen LogP contribution is -2.59. The van der Waals surface area contributed by atoms with Crippen molar-refractivity contribution in [2.24, 2.45) is 0 Å². The van der Waals surface area contributed by atoms with Gasteiger partial charge in [0.2, 0.25) is 0 Å². The molecule has 0 amide bonds. The number of aliphatic hydroxyl groups is 5. The first-order valence-electron chi connectivity index (χ1n) is 6.21. The Balaban J connectivity index is 2.37. The van der Waals surface area contributed by atoms with Gasteiger partial charge in [0.1, 0.15) is 24.4 Å². The summed E-state index contributed by atoms with van der Waals surface area (Å²) in [6, 6.07) is 0. The van der Waals surface area contributed by atoms with Crippen LogP contribution in [-0.2, 0) is 14.3 Å². The minimum absolute atomic E-state index is 0.0208. The largest absolute Gasteiger partial charge is 0.479 e. The molecule has 1 heterocycles. The van der Waals surface area contributed by atoms with E-state index in [-0.39, 0.29) is 19.4 Å². The third-order valence-electron chi connectivity index (χ3n) is 3.04. The highest BCUT2D eigenvalue weighted by atomic mass is 16.7. The molecule has 0 saturated carbocycles. The molecule has 1 aliphatic heterocycles. The summed E-state index contributed by atoms with van der Waals surface area (Å²) in [5.41, 5.74) is 0. The Kier molecular flexibility index (Phi) is 6.76. The third-order valence-corrected chi connectivity index (χ3v) is 3.04. The molecule has 0 aromatic rings. The van der Waals surface area contributed by atoms with Gasteiger partial charge in [0.25, 0.3) is 0 Å². The van der Waals surface area contributed by atoms with Gasteiger partial charge in [-0.2, -0.15) is 0 Å². The lowest BCUT2D eigenvalue weighted by molar-refractivity contribution is -0.301. The van der Waals surface area contributed by atoms with E-state index < -0.39 is 49.4 Å². The average molecular weight is 296 g/mol. The molecule has 0 spiro atoms. The van der Waals surface area contributed by atoms with Crippen molar-refractivity contribution in [3.8, 4) is 0 Å². The summed E-state index contributed by atoms with van der Waals surface area (Å²) in [5.74, 6) is -1.34. The maximum atomic E-state index is 10.4. The Morgan fingerprint density at radius 3 is 2.40 bits per heavy atom. The van der Waals surface area contributed by atoms with Gasteiger partial charge < -0.3 is 40.1 Å². The maximum absolute atomic E-state index is 10.4. The Labute approximate surface area is 115 Å². The van der Waals surface area contributed by atoms with Crippen LogP contribution in [0.4, 0.5) is 0 Å². The molecule has 0 radical (unpaired) electrons. The molecule has 1 rings (SSSR count). The van der Waals surface area contributed by atoms with Gasteiger partial charge in [-0.1, -0.05) is 0 Å². The molecule has 20 heavy (non-hydrogen) atoms. The number of aliphatic hydroxyl groups excluding tert-OH is 5. The number of hydrogen-bond acceptors (Lipinski definition) is 8.